The molecule has 9 heteroatoms. The number of ether oxygens (including phenoxy) is 2. The van der Waals surface area contributed by atoms with Crippen LogP contribution >= 0.6 is 11.3 Å². The van der Waals surface area contributed by atoms with E-state index >= 15 is 0 Å². The van der Waals surface area contributed by atoms with Crippen LogP contribution in [0.1, 0.15) is 41.7 Å². The molecule has 1 amide bonds. The van der Waals surface area contributed by atoms with E-state index in [1.54, 1.807) is 10.4 Å². The van der Waals surface area contributed by atoms with Crippen molar-refractivity contribution in [1.29, 1.82) is 0 Å². The molecule has 1 aromatic heterocycles. The molecule has 27 heavy (non-hydrogen) atoms. The highest BCUT2D eigenvalue weighted by Gasteiger charge is 2.28. The van der Waals surface area contributed by atoms with Crippen molar-refractivity contribution in [2.45, 2.75) is 32.3 Å². The molecule has 0 aliphatic carbocycles. The number of methoxy groups -OCH3 is 1. The van der Waals surface area contributed by atoms with Gasteiger partial charge in [0.15, 0.2) is 11.5 Å². The number of hydrogen-bond donors (Lipinski definition) is 0. The maximum Gasteiger partial charge on any atom is 0.286 e. The lowest BCUT2D eigenvalue weighted by molar-refractivity contribution is -0.385. The third-order valence-electron chi connectivity index (χ3n) is 4.46. The average Bonchev–Trinajstić information content (AvgIpc) is 3.05. The Balaban J connectivity index is 1.90. The van der Waals surface area contributed by atoms with Crippen molar-refractivity contribution in [3.63, 3.8) is 0 Å². The van der Waals surface area contributed by atoms with Gasteiger partial charge in [0.2, 0.25) is 0 Å². The highest BCUT2D eigenvalue weighted by molar-refractivity contribution is 7.07. The minimum Gasteiger partial charge on any atom is -0.493 e. The molecular formula is C18H21N3O5S. The quantitative estimate of drug-likeness (QED) is 0.551. The molecule has 0 atom stereocenters. The van der Waals surface area contributed by atoms with E-state index in [0.29, 0.717) is 13.1 Å². The molecule has 144 valence electrons. The number of carbonyl (C=O) groups is 1. The van der Waals surface area contributed by atoms with Crippen molar-refractivity contribution in [1.82, 2.24) is 9.88 Å². The van der Waals surface area contributed by atoms with Crippen LogP contribution in [0.2, 0.25) is 0 Å². The van der Waals surface area contributed by atoms with Crippen LogP contribution in [0.25, 0.3) is 0 Å². The van der Waals surface area contributed by atoms with Crippen LogP contribution in [0, 0.1) is 10.1 Å². The van der Waals surface area contributed by atoms with Gasteiger partial charge in [-0.1, -0.05) is 12.8 Å². The second kappa shape index (κ2) is 8.81. The van der Waals surface area contributed by atoms with Gasteiger partial charge < -0.3 is 14.4 Å². The largest absolute Gasteiger partial charge is 0.493 e. The minimum atomic E-state index is -0.555. The molecule has 1 aliphatic heterocycles. The van der Waals surface area contributed by atoms with Gasteiger partial charge in [0.1, 0.15) is 12.2 Å². The summed E-state index contributed by atoms with van der Waals surface area (Å²) in [5.74, 6) is 0.159. The van der Waals surface area contributed by atoms with Gasteiger partial charge in [0.05, 0.1) is 29.3 Å². The van der Waals surface area contributed by atoms with E-state index in [1.165, 1.54) is 30.6 Å². The number of benzene rings is 1. The van der Waals surface area contributed by atoms with Crippen molar-refractivity contribution in [3.05, 3.63) is 44.4 Å². The molecular weight excluding hydrogens is 370 g/mol. The molecule has 1 aliphatic rings. The summed E-state index contributed by atoms with van der Waals surface area (Å²) in [5.41, 5.74) is 2.15. The van der Waals surface area contributed by atoms with Gasteiger partial charge in [0, 0.05) is 24.5 Å². The molecule has 0 saturated carbocycles. The molecule has 0 bridgehead atoms. The van der Waals surface area contributed by atoms with E-state index in [2.05, 4.69) is 4.98 Å². The fourth-order valence-electron chi connectivity index (χ4n) is 3.05. The van der Waals surface area contributed by atoms with E-state index < -0.39 is 4.92 Å². The molecule has 0 N–H and O–H groups in total. The number of thiazole rings is 1. The summed E-state index contributed by atoms with van der Waals surface area (Å²) >= 11 is 1.44. The van der Waals surface area contributed by atoms with E-state index in [9.17, 15) is 14.9 Å². The smallest absolute Gasteiger partial charge is 0.286 e. The van der Waals surface area contributed by atoms with Crippen LogP contribution in [-0.4, -0.2) is 40.9 Å². The number of hydrogen-bond acceptors (Lipinski definition) is 7. The van der Waals surface area contributed by atoms with E-state index in [4.69, 9.17) is 9.47 Å². The number of nitrogens with zero attached hydrogens (tertiary/aromatic N) is 3. The van der Waals surface area contributed by atoms with Crippen molar-refractivity contribution in [3.8, 4) is 11.5 Å². The second-order valence-electron chi connectivity index (χ2n) is 6.25. The standard InChI is InChI=1S/C18H21N3O5S/c1-25-16-8-14(18(22)20-6-4-2-3-5-7-20)15(21(23)24)9-17(16)26-10-13-11-27-12-19-13/h8-9,11-12H,2-7,10H2,1H3. The number of carbonyl (C=O) groups excluding carboxylic acids is 1. The first-order valence-electron chi connectivity index (χ1n) is 8.75. The van der Waals surface area contributed by atoms with Gasteiger partial charge in [-0.2, -0.15) is 0 Å². The summed E-state index contributed by atoms with van der Waals surface area (Å²) in [4.78, 5) is 29.8. The van der Waals surface area contributed by atoms with E-state index in [0.717, 1.165) is 31.4 Å². The molecule has 2 heterocycles. The topological polar surface area (TPSA) is 94.8 Å². The SMILES string of the molecule is COc1cc(C(=O)N2CCCCCC2)c([N+](=O)[O-])cc1OCc1cscn1. The zero-order chi connectivity index (χ0) is 19.2. The van der Waals surface area contributed by atoms with Crippen LogP contribution in [0.15, 0.2) is 23.0 Å². The highest BCUT2D eigenvalue weighted by atomic mass is 32.1. The first kappa shape index (κ1) is 19.1. The molecule has 3 rings (SSSR count). The van der Waals surface area contributed by atoms with Crippen LogP contribution in [-0.2, 0) is 6.61 Å². The molecule has 0 radical (unpaired) electrons. The number of nitro groups is 1. The minimum absolute atomic E-state index is 0.0276. The van der Waals surface area contributed by atoms with Gasteiger partial charge in [-0.05, 0) is 12.8 Å². The van der Waals surface area contributed by atoms with Crippen molar-refractivity contribution < 1.29 is 19.2 Å². The predicted molar refractivity (Wildman–Crippen MR) is 100 cm³/mol. The lowest BCUT2D eigenvalue weighted by atomic mass is 10.1. The Morgan fingerprint density at radius 2 is 2.00 bits per heavy atom. The Labute approximate surface area is 160 Å². The van der Waals surface area contributed by atoms with Crippen LogP contribution in [0.5, 0.6) is 11.5 Å². The number of amides is 1. The summed E-state index contributed by atoms with van der Waals surface area (Å²) in [6.45, 7) is 1.39. The fourth-order valence-corrected chi connectivity index (χ4v) is 3.59. The third kappa shape index (κ3) is 4.54. The fraction of sp³-hybridized carbons (Fsp3) is 0.444. The third-order valence-corrected chi connectivity index (χ3v) is 5.10. The Morgan fingerprint density at radius 3 is 2.59 bits per heavy atom. The lowest BCUT2D eigenvalue weighted by Gasteiger charge is -2.21. The number of likely N-dealkylation sites (tertiary alicyclic amines) is 1. The summed E-state index contributed by atoms with van der Waals surface area (Å²) in [6, 6.07) is 2.66. The van der Waals surface area contributed by atoms with Gasteiger partial charge in [-0.25, -0.2) is 4.98 Å². The lowest BCUT2D eigenvalue weighted by Crippen LogP contribution is -2.32. The monoisotopic (exact) mass is 391 g/mol. The number of nitro benzene ring substituents is 1. The van der Waals surface area contributed by atoms with Crippen molar-refractivity contribution in [2.24, 2.45) is 0 Å². The molecule has 0 spiro atoms. The first-order valence-corrected chi connectivity index (χ1v) is 9.70. The zero-order valence-corrected chi connectivity index (χ0v) is 15.9. The normalized spacial score (nSPS) is 14.5. The molecule has 1 fully saturated rings. The Bertz CT molecular complexity index is 802. The maximum absolute atomic E-state index is 12.9. The summed E-state index contributed by atoms with van der Waals surface area (Å²) in [7, 11) is 1.44. The van der Waals surface area contributed by atoms with Crippen molar-refractivity contribution >= 4 is 22.9 Å². The van der Waals surface area contributed by atoms with Crippen molar-refractivity contribution in [2.75, 3.05) is 20.2 Å². The van der Waals surface area contributed by atoms with Crippen LogP contribution in [0.3, 0.4) is 0 Å². The van der Waals surface area contributed by atoms with E-state index in [-0.39, 0.29) is 35.3 Å². The van der Waals surface area contributed by atoms with Gasteiger partial charge in [0.25, 0.3) is 11.6 Å². The number of rotatable bonds is 6. The summed E-state index contributed by atoms with van der Waals surface area (Å²) in [6.07, 6.45) is 3.95. The van der Waals surface area contributed by atoms with Gasteiger partial charge in [-0.15, -0.1) is 11.3 Å². The highest BCUT2D eigenvalue weighted by Crippen LogP contribution is 2.36. The van der Waals surface area contributed by atoms with Gasteiger partial charge >= 0.3 is 0 Å². The number of aromatic nitrogens is 1. The molecule has 1 aromatic carbocycles. The van der Waals surface area contributed by atoms with Crippen LogP contribution < -0.4 is 9.47 Å². The Morgan fingerprint density at radius 1 is 1.26 bits per heavy atom. The zero-order valence-electron chi connectivity index (χ0n) is 15.1. The average molecular weight is 391 g/mol. The molecule has 8 nitrogen and oxygen atoms in total. The molecule has 1 saturated heterocycles. The maximum atomic E-state index is 12.9. The van der Waals surface area contributed by atoms with Crippen LogP contribution in [0.4, 0.5) is 5.69 Å². The first-order chi connectivity index (χ1) is 13.1. The summed E-state index contributed by atoms with van der Waals surface area (Å²) in [5, 5.41) is 13.4. The Hall–Kier alpha value is -2.68. The van der Waals surface area contributed by atoms with E-state index in [1.807, 2.05) is 5.38 Å². The Kier molecular flexibility index (Phi) is 6.23. The molecule has 0 unspecified atom stereocenters. The predicted octanol–water partition coefficient (Wildman–Crippen LogP) is 3.66. The second-order valence-corrected chi connectivity index (χ2v) is 6.97. The summed E-state index contributed by atoms with van der Waals surface area (Å²) < 4.78 is 11.0. The van der Waals surface area contributed by atoms with Gasteiger partial charge in [-0.3, -0.25) is 14.9 Å². The molecule has 2 aromatic rings.